The van der Waals surface area contributed by atoms with Crippen LogP contribution in [0.4, 0.5) is 0 Å². The molecule has 0 saturated carbocycles. The van der Waals surface area contributed by atoms with Crippen molar-refractivity contribution in [3.63, 3.8) is 0 Å². The molecule has 17 heavy (non-hydrogen) atoms. The van der Waals surface area contributed by atoms with Gasteiger partial charge in [0.1, 0.15) is 5.75 Å². The van der Waals surface area contributed by atoms with Gasteiger partial charge in [0.25, 0.3) is 0 Å². The molecule has 0 aliphatic heterocycles. The fourth-order valence-corrected chi connectivity index (χ4v) is 1.80. The molecule has 0 amide bonds. The second-order valence-corrected chi connectivity index (χ2v) is 3.79. The van der Waals surface area contributed by atoms with Crippen LogP contribution in [0, 0.1) is 0 Å². The zero-order valence-electron chi connectivity index (χ0n) is 9.76. The van der Waals surface area contributed by atoms with Crippen molar-refractivity contribution in [3.05, 3.63) is 42.0 Å². The van der Waals surface area contributed by atoms with Gasteiger partial charge in [-0.25, -0.2) is 0 Å². The number of hydrogen-bond acceptors (Lipinski definition) is 3. The summed E-state index contributed by atoms with van der Waals surface area (Å²) < 4.78 is 5.64. The molecular weight excluding hydrogens is 214 g/mol. The van der Waals surface area contributed by atoms with Crippen LogP contribution >= 0.6 is 0 Å². The number of benzene rings is 2. The maximum absolute atomic E-state index is 8.74. The Morgan fingerprint density at radius 1 is 1.24 bits per heavy atom. The second-order valence-electron chi connectivity index (χ2n) is 3.79. The van der Waals surface area contributed by atoms with Crippen LogP contribution in [0.3, 0.4) is 0 Å². The van der Waals surface area contributed by atoms with Crippen LogP contribution < -0.4 is 4.74 Å². The molecule has 0 spiro atoms. The van der Waals surface area contributed by atoms with Crippen molar-refractivity contribution in [1.29, 1.82) is 0 Å². The number of rotatable bonds is 4. The normalized spacial score (nSPS) is 11.1. The Bertz CT molecular complexity index is 535. The molecule has 2 aromatic carbocycles. The molecule has 0 bridgehead atoms. The number of nitrogens with zero attached hydrogens (tertiary/aromatic N) is 1. The third kappa shape index (κ3) is 2.38. The van der Waals surface area contributed by atoms with Crippen LogP contribution in [-0.2, 0) is 0 Å². The zero-order valence-corrected chi connectivity index (χ0v) is 9.76. The number of fused-ring (bicyclic) bond motifs is 1. The van der Waals surface area contributed by atoms with Crippen molar-refractivity contribution >= 4 is 17.0 Å². The molecule has 0 radical (unpaired) electrons. The van der Waals surface area contributed by atoms with Crippen LogP contribution in [-0.4, -0.2) is 18.0 Å². The van der Waals surface area contributed by atoms with Crippen LogP contribution in [0.5, 0.6) is 5.75 Å². The predicted octanol–water partition coefficient (Wildman–Crippen LogP) is 3.44. The van der Waals surface area contributed by atoms with E-state index >= 15 is 0 Å². The van der Waals surface area contributed by atoms with Crippen molar-refractivity contribution < 1.29 is 9.94 Å². The van der Waals surface area contributed by atoms with Gasteiger partial charge in [-0.05, 0) is 23.3 Å². The van der Waals surface area contributed by atoms with Gasteiger partial charge in [-0.2, -0.15) is 0 Å². The summed E-state index contributed by atoms with van der Waals surface area (Å²) in [5.74, 6) is 0.753. The highest BCUT2D eigenvalue weighted by Crippen LogP contribution is 2.26. The monoisotopic (exact) mass is 229 g/mol. The van der Waals surface area contributed by atoms with E-state index in [0.29, 0.717) is 6.61 Å². The van der Waals surface area contributed by atoms with E-state index in [1.54, 1.807) is 0 Å². The predicted molar refractivity (Wildman–Crippen MR) is 69.1 cm³/mol. The number of oxime groups is 1. The van der Waals surface area contributed by atoms with Crippen molar-refractivity contribution in [2.24, 2.45) is 5.16 Å². The molecule has 0 saturated heterocycles. The quantitative estimate of drug-likeness (QED) is 0.495. The van der Waals surface area contributed by atoms with E-state index in [9.17, 15) is 0 Å². The lowest BCUT2D eigenvalue weighted by Crippen LogP contribution is -1.99. The van der Waals surface area contributed by atoms with Crippen molar-refractivity contribution in [3.8, 4) is 5.75 Å². The second kappa shape index (κ2) is 5.34. The molecule has 3 nitrogen and oxygen atoms in total. The van der Waals surface area contributed by atoms with Gasteiger partial charge in [-0.1, -0.05) is 42.4 Å². The SMILES string of the molecule is CCCOc1ccc2ccccc2c1C=NO. The van der Waals surface area contributed by atoms with Gasteiger partial charge in [-0.3, -0.25) is 0 Å². The topological polar surface area (TPSA) is 41.8 Å². The Balaban J connectivity index is 2.55. The minimum absolute atomic E-state index is 0.657. The van der Waals surface area contributed by atoms with Gasteiger partial charge in [0.2, 0.25) is 0 Å². The molecular formula is C14H15NO2. The summed E-state index contributed by atoms with van der Waals surface area (Å²) in [5, 5.41) is 14.0. The molecule has 3 heteroatoms. The Labute approximate surface area is 100 Å². The minimum atomic E-state index is 0.657. The van der Waals surface area contributed by atoms with Crippen LogP contribution in [0.2, 0.25) is 0 Å². The molecule has 88 valence electrons. The van der Waals surface area contributed by atoms with Gasteiger partial charge in [0.15, 0.2) is 0 Å². The Kier molecular flexibility index (Phi) is 3.60. The number of ether oxygens (including phenoxy) is 1. The smallest absolute Gasteiger partial charge is 0.128 e. The fourth-order valence-electron chi connectivity index (χ4n) is 1.80. The van der Waals surface area contributed by atoms with Gasteiger partial charge < -0.3 is 9.94 Å². The van der Waals surface area contributed by atoms with Crippen LogP contribution in [0.15, 0.2) is 41.6 Å². The first-order valence-corrected chi connectivity index (χ1v) is 5.68. The molecule has 2 rings (SSSR count). The van der Waals surface area contributed by atoms with E-state index in [1.165, 1.54) is 6.21 Å². The summed E-state index contributed by atoms with van der Waals surface area (Å²) in [6.07, 6.45) is 2.37. The average Bonchev–Trinajstić information content (AvgIpc) is 2.38. The van der Waals surface area contributed by atoms with E-state index in [-0.39, 0.29) is 0 Å². The fraction of sp³-hybridized carbons (Fsp3) is 0.214. The zero-order chi connectivity index (χ0) is 12.1. The number of hydrogen-bond donors (Lipinski definition) is 1. The third-order valence-corrected chi connectivity index (χ3v) is 2.58. The van der Waals surface area contributed by atoms with E-state index in [2.05, 4.69) is 12.1 Å². The summed E-state index contributed by atoms with van der Waals surface area (Å²) in [5.41, 5.74) is 0.819. The minimum Gasteiger partial charge on any atom is -0.493 e. The third-order valence-electron chi connectivity index (χ3n) is 2.58. The van der Waals surface area contributed by atoms with Crippen molar-refractivity contribution in [1.82, 2.24) is 0 Å². The summed E-state index contributed by atoms with van der Waals surface area (Å²) in [6.45, 7) is 2.71. The molecule has 0 heterocycles. The van der Waals surface area contributed by atoms with Crippen LogP contribution in [0.1, 0.15) is 18.9 Å². The maximum atomic E-state index is 8.74. The lowest BCUT2D eigenvalue weighted by atomic mass is 10.0. The highest BCUT2D eigenvalue weighted by molar-refractivity contribution is 6.02. The first-order chi connectivity index (χ1) is 8.36. The average molecular weight is 229 g/mol. The Hall–Kier alpha value is -2.03. The Morgan fingerprint density at radius 2 is 2.06 bits per heavy atom. The first-order valence-electron chi connectivity index (χ1n) is 5.68. The highest BCUT2D eigenvalue weighted by Gasteiger charge is 2.06. The standard InChI is InChI=1S/C14H15NO2/c1-2-9-17-14-8-7-11-5-3-4-6-12(11)13(14)10-15-16/h3-8,10,16H,2,9H2,1H3. The van der Waals surface area contributed by atoms with Gasteiger partial charge in [0.05, 0.1) is 12.8 Å². The van der Waals surface area contributed by atoms with Gasteiger partial charge in [-0.15, -0.1) is 0 Å². The van der Waals surface area contributed by atoms with E-state index in [0.717, 1.165) is 28.5 Å². The molecule has 0 aromatic heterocycles. The van der Waals surface area contributed by atoms with E-state index in [1.807, 2.05) is 36.4 Å². The van der Waals surface area contributed by atoms with E-state index in [4.69, 9.17) is 9.94 Å². The highest BCUT2D eigenvalue weighted by atomic mass is 16.5. The van der Waals surface area contributed by atoms with Crippen molar-refractivity contribution in [2.45, 2.75) is 13.3 Å². The maximum Gasteiger partial charge on any atom is 0.128 e. The molecule has 0 unspecified atom stereocenters. The molecule has 2 aromatic rings. The summed E-state index contributed by atoms with van der Waals surface area (Å²) in [7, 11) is 0. The molecule has 0 aliphatic carbocycles. The lowest BCUT2D eigenvalue weighted by Gasteiger charge is -2.10. The first kappa shape index (κ1) is 11.5. The lowest BCUT2D eigenvalue weighted by molar-refractivity contribution is 0.314. The van der Waals surface area contributed by atoms with Crippen molar-refractivity contribution in [2.75, 3.05) is 6.61 Å². The molecule has 1 N–H and O–H groups in total. The summed E-state index contributed by atoms with van der Waals surface area (Å²) in [6, 6.07) is 11.9. The molecule has 0 atom stereocenters. The molecule has 0 fully saturated rings. The Morgan fingerprint density at radius 3 is 2.82 bits per heavy atom. The van der Waals surface area contributed by atoms with E-state index < -0.39 is 0 Å². The largest absolute Gasteiger partial charge is 0.493 e. The van der Waals surface area contributed by atoms with Gasteiger partial charge >= 0.3 is 0 Å². The summed E-state index contributed by atoms with van der Waals surface area (Å²) in [4.78, 5) is 0. The van der Waals surface area contributed by atoms with Crippen LogP contribution in [0.25, 0.3) is 10.8 Å². The summed E-state index contributed by atoms with van der Waals surface area (Å²) >= 11 is 0. The van der Waals surface area contributed by atoms with Gasteiger partial charge in [0, 0.05) is 5.56 Å². The molecule has 0 aliphatic rings.